The summed E-state index contributed by atoms with van der Waals surface area (Å²) < 4.78 is 1.16. The number of carboxylic acid groups (broad SMARTS) is 1. The number of carbonyl (C=O) groups is 1. The molecule has 1 fully saturated rings. The summed E-state index contributed by atoms with van der Waals surface area (Å²) in [6, 6.07) is 5.15. The molecule has 138 valence electrons. The van der Waals surface area contributed by atoms with Crippen LogP contribution in [0.3, 0.4) is 0 Å². The zero-order valence-corrected chi connectivity index (χ0v) is 15.1. The van der Waals surface area contributed by atoms with E-state index in [1.165, 1.54) is 18.0 Å². The number of halogens is 1. The highest BCUT2D eigenvalue weighted by Crippen LogP contribution is 2.22. The van der Waals surface area contributed by atoms with Crippen LogP contribution in [0.1, 0.15) is 6.92 Å². The van der Waals surface area contributed by atoms with Gasteiger partial charge in [0.1, 0.15) is 11.5 Å². The first-order valence-electron chi connectivity index (χ1n) is 8.06. The Labute approximate surface area is 154 Å². The highest BCUT2D eigenvalue weighted by Gasteiger charge is 2.26. The van der Waals surface area contributed by atoms with Gasteiger partial charge in [-0.3, -0.25) is 4.79 Å². The van der Waals surface area contributed by atoms with Crippen LogP contribution in [0.25, 0.3) is 0 Å². The van der Waals surface area contributed by atoms with Crippen molar-refractivity contribution in [2.24, 2.45) is 7.05 Å². The summed E-state index contributed by atoms with van der Waals surface area (Å²) in [7, 11) is 1.52. The van der Waals surface area contributed by atoms with Crippen LogP contribution in [0, 0.1) is 0 Å². The molecule has 0 saturated carbocycles. The number of pyridine rings is 1. The van der Waals surface area contributed by atoms with Crippen molar-refractivity contribution in [3.8, 4) is 0 Å². The number of hydrogen-bond acceptors (Lipinski definition) is 6. The number of nitrogens with zero attached hydrogens (tertiary/aromatic N) is 5. The molecule has 1 aliphatic rings. The van der Waals surface area contributed by atoms with E-state index in [2.05, 4.69) is 20.3 Å². The predicted molar refractivity (Wildman–Crippen MR) is 98.4 cm³/mol. The Morgan fingerprint density at radius 3 is 2.77 bits per heavy atom. The van der Waals surface area contributed by atoms with Crippen LogP contribution in [-0.2, 0) is 7.05 Å². The summed E-state index contributed by atoms with van der Waals surface area (Å²) in [6.07, 6.45) is 0.800. The first-order valence-corrected chi connectivity index (χ1v) is 8.44. The van der Waals surface area contributed by atoms with Crippen molar-refractivity contribution in [1.29, 1.82) is 0 Å². The molecule has 2 aromatic heterocycles. The van der Waals surface area contributed by atoms with E-state index in [1.54, 1.807) is 12.3 Å². The molecular formula is C16H19ClN6O3. The van der Waals surface area contributed by atoms with Crippen molar-refractivity contribution in [1.82, 2.24) is 19.7 Å². The highest BCUT2D eigenvalue weighted by molar-refractivity contribution is 6.29. The van der Waals surface area contributed by atoms with Gasteiger partial charge in [0.05, 0.1) is 11.9 Å². The van der Waals surface area contributed by atoms with Gasteiger partial charge in [-0.15, -0.1) is 0 Å². The van der Waals surface area contributed by atoms with E-state index in [9.17, 15) is 9.59 Å². The molecule has 2 aromatic rings. The lowest BCUT2D eigenvalue weighted by atomic mass is 10.2. The van der Waals surface area contributed by atoms with E-state index < -0.39 is 6.09 Å². The van der Waals surface area contributed by atoms with Gasteiger partial charge in [-0.05, 0) is 19.1 Å². The number of anilines is 3. The molecule has 1 aliphatic heterocycles. The molecule has 0 spiro atoms. The van der Waals surface area contributed by atoms with Crippen LogP contribution in [0.2, 0.25) is 5.15 Å². The monoisotopic (exact) mass is 378 g/mol. The maximum Gasteiger partial charge on any atom is 0.407 e. The Morgan fingerprint density at radius 2 is 2.15 bits per heavy atom. The van der Waals surface area contributed by atoms with E-state index in [0.717, 1.165) is 10.4 Å². The van der Waals surface area contributed by atoms with Crippen LogP contribution in [0.5, 0.6) is 0 Å². The topological polar surface area (TPSA) is 104 Å². The number of aryl methyl sites for hydroxylation is 1. The number of nitrogens with one attached hydrogen (secondary N) is 1. The smallest absolute Gasteiger partial charge is 0.407 e. The Balaban J connectivity index is 1.73. The summed E-state index contributed by atoms with van der Waals surface area (Å²) in [5, 5.41) is 16.1. The molecule has 3 heterocycles. The van der Waals surface area contributed by atoms with Crippen LogP contribution in [0.4, 0.5) is 22.0 Å². The quantitative estimate of drug-likeness (QED) is 0.838. The van der Waals surface area contributed by atoms with Crippen molar-refractivity contribution in [2.45, 2.75) is 13.0 Å². The normalized spacial score (nSPS) is 17.3. The third-order valence-corrected chi connectivity index (χ3v) is 4.46. The standard InChI is InChI=1S/C16H19ClN6O3/c1-10-9-22(16(25)26)5-6-23(10)11-3-4-14(18-8-11)19-12-7-13(17)20-21(2)15(12)24/h3-4,7-8,10H,5-6,9H2,1-2H3,(H,18,19)(H,25,26). The third kappa shape index (κ3) is 3.72. The molecule has 1 saturated heterocycles. The van der Waals surface area contributed by atoms with E-state index in [4.69, 9.17) is 16.7 Å². The molecule has 9 nitrogen and oxygen atoms in total. The zero-order chi connectivity index (χ0) is 18.8. The number of rotatable bonds is 3. The molecule has 1 amide bonds. The summed E-state index contributed by atoms with van der Waals surface area (Å²) in [5.41, 5.74) is 0.878. The first-order chi connectivity index (χ1) is 12.3. The largest absolute Gasteiger partial charge is 0.465 e. The minimum absolute atomic E-state index is 0.0479. The van der Waals surface area contributed by atoms with Gasteiger partial charge in [-0.25, -0.2) is 14.5 Å². The fraction of sp³-hybridized carbons (Fsp3) is 0.375. The molecule has 0 bridgehead atoms. The minimum Gasteiger partial charge on any atom is -0.465 e. The third-order valence-electron chi connectivity index (χ3n) is 4.27. The van der Waals surface area contributed by atoms with E-state index in [1.807, 2.05) is 13.0 Å². The minimum atomic E-state index is -0.897. The SMILES string of the molecule is CC1CN(C(=O)O)CCN1c1ccc(Nc2cc(Cl)nn(C)c2=O)nc1. The summed E-state index contributed by atoms with van der Waals surface area (Å²) in [4.78, 5) is 31.0. The summed E-state index contributed by atoms with van der Waals surface area (Å²) in [5.74, 6) is 0.505. The predicted octanol–water partition coefficient (Wildman–Crippen LogP) is 1.76. The first kappa shape index (κ1) is 18.0. The lowest BCUT2D eigenvalue weighted by Crippen LogP contribution is -2.53. The van der Waals surface area contributed by atoms with Crippen LogP contribution >= 0.6 is 11.6 Å². The van der Waals surface area contributed by atoms with Crippen molar-refractivity contribution in [3.05, 3.63) is 39.9 Å². The van der Waals surface area contributed by atoms with Crippen molar-refractivity contribution in [3.63, 3.8) is 0 Å². The lowest BCUT2D eigenvalue weighted by molar-refractivity contribution is 0.136. The second kappa shape index (κ2) is 7.20. The van der Waals surface area contributed by atoms with Gasteiger partial charge in [0.2, 0.25) is 0 Å². The Kier molecular flexibility index (Phi) is 4.99. The second-order valence-corrected chi connectivity index (χ2v) is 6.49. The average Bonchev–Trinajstić information content (AvgIpc) is 2.60. The van der Waals surface area contributed by atoms with Crippen molar-refractivity contribution in [2.75, 3.05) is 29.9 Å². The highest BCUT2D eigenvalue weighted by atomic mass is 35.5. The summed E-state index contributed by atoms with van der Waals surface area (Å²) >= 11 is 5.88. The van der Waals surface area contributed by atoms with Gasteiger partial charge < -0.3 is 20.2 Å². The fourth-order valence-electron chi connectivity index (χ4n) is 2.95. The molecule has 0 radical (unpaired) electrons. The zero-order valence-electron chi connectivity index (χ0n) is 14.4. The lowest BCUT2D eigenvalue weighted by Gasteiger charge is -2.39. The molecule has 1 atom stereocenters. The molecule has 3 rings (SSSR count). The van der Waals surface area contributed by atoms with E-state index >= 15 is 0 Å². The Morgan fingerprint density at radius 1 is 1.38 bits per heavy atom. The number of aromatic nitrogens is 3. The maximum absolute atomic E-state index is 12.1. The van der Waals surface area contributed by atoms with Gasteiger partial charge >= 0.3 is 6.09 Å². The van der Waals surface area contributed by atoms with Crippen LogP contribution < -0.4 is 15.8 Å². The summed E-state index contributed by atoms with van der Waals surface area (Å²) in [6.45, 7) is 3.47. The molecular weight excluding hydrogens is 360 g/mol. The number of amides is 1. The van der Waals surface area contributed by atoms with Crippen LogP contribution in [0.15, 0.2) is 29.2 Å². The fourth-order valence-corrected chi connectivity index (χ4v) is 3.17. The average molecular weight is 379 g/mol. The molecule has 0 aliphatic carbocycles. The van der Waals surface area contributed by atoms with Gasteiger partial charge in [-0.2, -0.15) is 5.10 Å². The van der Waals surface area contributed by atoms with Gasteiger partial charge in [-0.1, -0.05) is 11.6 Å². The second-order valence-electron chi connectivity index (χ2n) is 6.11. The molecule has 10 heteroatoms. The van der Waals surface area contributed by atoms with E-state index in [-0.39, 0.29) is 22.4 Å². The molecule has 2 N–H and O–H groups in total. The van der Waals surface area contributed by atoms with Crippen molar-refractivity contribution < 1.29 is 9.90 Å². The van der Waals surface area contributed by atoms with Gasteiger partial charge in [0.15, 0.2) is 5.15 Å². The Bertz CT molecular complexity index is 869. The molecule has 1 unspecified atom stereocenters. The van der Waals surface area contributed by atoms with E-state index in [0.29, 0.717) is 25.5 Å². The number of hydrogen-bond donors (Lipinski definition) is 2. The van der Waals surface area contributed by atoms with Gasteiger partial charge in [0, 0.05) is 38.8 Å². The number of piperazine rings is 1. The van der Waals surface area contributed by atoms with Gasteiger partial charge in [0.25, 0.3) is 5.56 Å². The Hall–Kier alpha value is -2.81. The molecule has 0 aromatic carbocycles. The van der Waals surface area contributed by atoms with Crippen molar-refractivity contribution >= 4 is 34.9 Å². The maximum atomic E-state index is 12.1. The molecule has 26 heavy (non-hydrogen) atoms. The van der Waals surface area contributed by atoms with Crippen LogP contribution in [-0.4, -0.2) is 56.5 Å².